The van der Waals surface area contributed by atoms with Gasteiger partial charge in [0.1, 0.15) is 17.4 Å². The van der Waals surface area contributed by atoms with Crippen molar-refractivity contribution < 1.29 is 13.9 Å². The molecule has 38 heavy (non-hydrogen) atoms. The normalized spacial score (nSPS) is 11.3. The molecular weight excluding hydrogens is 573 g/mol. The van der Waals surface area contributed by atoms with Crippen LogP contribution in [0.3, 0.4) is 0 Å². The van der Waals surface area contributed by atoms with Gasteiger partial charge in [-0.25, -0.2) is 9.37 Å². The average Bonchev–Trinajstić information content (AvgIpc) is 2.95. The third-order valence-corrected chi connectivity index (χ3v) is 7.21. The zero-order valence-electron chi connectivity index (χ0n) is 20.1. The number of fused-ring (bicyclic) bond motifs is 1. The van der Waals surface area contributed by atoms with Crippen molar-refractivity contribution in [3.05, 3.63) is 122 Å². The lowest BCUT2D eigenvalue weighted by molar-refractivity contribution is 0.284. The Morgan fingerprint density at radius 1 is 1.05 bits per heavy atom. The number of halogens is 3. The molecule has 0 saturated carbocycles. The number of rotatable bonds is 7. The van der Waals surface area contributed by atoms with Gasteiger partial charge in [0.05, 0.1) is 24.2 Å². The van der Waals surface area contributed by atoms with E-state index in [1.165, 1.54) is 30.1 Å². The van der Waals surface area contributed by atoms with Gasteiger partial charge in [0.25, 0.3) is 5.56 Å². The van der Waals surface area contributed by atoms with E-state index in [2.05, 4.69) is 21.0 Å². The highest BCUT2D eigenvalue weighted by molar-refractivity contribution is 9.10. The lowest BCUT2D eigenvalue weighted by Crippen LogP contribution is -2.20. The van der Waals surface area contributed by atoms with Gasteiger partial charge in [-0.15, -0.1) is 0 Å². The van der Waals surface area contributed by atoms with Gasteiger partial charge in [-0.3, -0.25) is 4.79 Å². The van der Waals surface area contributed by atoms with Gasteiger partial charge in [-0.05, 0) is 51.8 Å². The molecule has 0 aliphatic rings. The Morgan fingerprint density at radius 2 is 1.76 bits per heavy atom. The molecule has 0 N–H and O–H groups in total. The van der Waals surface area contributed by atoms with Crippen molar-refractivity contribution in [3.8, 4) is 22.9 Å². The number of aromatic nitrogens is 2. The van der Waals surface area contributed by atoms with Gasteiger partial charge in [-0.1, -0.05) is 66.2 Å². The third kappa shape index (κ3) is 5.18. The molecule has 0 spiro atoms. The molecule has 5 aromatic rings. The molecule has 0 saturated heterocycles. The summed E-state index contributed by atoms with van der Waals surface area (Å²) in [4.78, 5) is 18.1. The molecule has 0 atom stereocenters. The predicted octanol–water partition coefficient (Wildman–Crippen LogP) is 7.09. The SMILES string of the molecule is COc1cc(C=Nn2c(-c3ccccc3)nc3ccccc3c2=O)c(Br)c(Cl)c1OCc1ccc(F)cc1. The number of para-hydroxylation sites is 1. The van der Waals surface area contributed by atoms with Gasteiger partial charge in [0, 0.05) is 15.6 Å². The van der Waals surface area contributed by atoms with Crippen LogP contribution in [0.1, 0.15) is 11.1 Å². The van der Waals surface area contributed by atoms with Gasteiger partial charge >= 0.3 is 0 Å². The van der Waals surface area contributed by atoms with Crippen LogP contribution in [0.2, 0.25) is 5.02 Å². The quantitative estimate of drug-likeness (QED) is 0.189. The summed E-state index contributed by atoms with van der Waals surface area (Å²) < 4.78 is 26.4. The van der Waals surface area contributed by atoms with E-state index in [0.717, 1.165) is 11.1 Å². The fourth-order valence-electron chi connectivity index (χ4n) is 3.85. The van der Waals surface area contributed by atoms with E-state index in [1.807, 2.05) is 36.4 Å². The summed E-state index contributed by atoms with van der Waals surface area (Å²) in [6, 6.07) is 24.2. The Bertz CT molecular complexity index is 1710. The van der Waals surface area contributed by atoms with Crippen molar-refractivity contribution in [2.45, 2.75) is 6.61 Å². The van der Waals surface area contributed by atoms with Crippen LogP contribution in [-0.2, 0) is 6.61 Å². The van der Waals surface area contributed by atoms with Gasteiger partial charge in [0.15, 0.2) is 17.3 Å². The van der Waals surface area contributed by atoms with Gasteiger partial charge in [-0.2, -0.15) is 9.78 Å². The second-order valence-electron chi connectivity index (χ2n) is 8.22. The lowest BCUT2D eigenvalue weighted by atomic mass is 10.2. The molecule has 0 aliphatic heterocycles. The van der Waals surface area contributed by atoms with E-state index >= 15 is 0 Å². The number of nitrogens with zero attached hydrogens (tertiary/aromatic N) is 3. The number of ether oxygens (including phenoxy) is 2. The zero-order valence-corrected chi connectivity index (χ0v) is 22.4. The van der Waals surface area contributed by atoms with Crippen molar-refractivity contribution in [1.82, 2.24) is 9.66 Å². The molecule has 0 bridgehead atoms. The number of benzene rings is 4. The standard InChI is InChI=1S/C29H20BrClFN3O3/c1-37-24-15-20(25(30)26(31)27(24)38-17-18-11-13-21(32)14-12-18)16-33-35-28(19-7-3-2-4-8-19)34-23-10-6-5-9-22(23)29(35)36/h2-16H,17H2,1H3. The maximum absolute atomic E-state index is 13.4. The molecule has 1 heterocycles. The Hall–Kier alpha value is -4.01. The summed E-state index contributed by atoms with van der Waals surface area (Å²) in [6.45, 7) is 0.162. The molecule has 0 aliphatic carbocycles. The number of hydrogen-bond donors (Lipinski definition) is 0. The molecule has 1 aromatic heterocycles. The first-order valence-electron chi connectivity index (χ1n) is 11.5. The van der Waals surface area contributed by atoms with E-state index in [9.17, 15) is 9.18 Å². The summed E-state index contributed by atoms with van der Waals surface area (Å²) in [5, 5.41) is 5.22. The van der Waals surface area contributed by atoms with E-state index < -0.39 is 0 Å². The molecule has 6 nitrogen and oxygen atoms in total. The fourth-order valence-corrected chi connectivity index (χ4v) is 4.50. The lowest BCUT2D eigenvalue weighted by Gasteiger charge is -2.15. The van der Waals surface area contributed by atoms with Crippen molar-refractivity contribution in [2.24, 2.45) is 5.10 Å². The van der Waals surface area contributed by atoms with E-state index in [4.69, 9.17) is 26.1 Å². The van der Waals surface area contributed by atoms with Gasteiger partial charge in [0.2, 0.25) is 0 Å². The Morgan fingerprint density at radius 3 is 2.50 bits per heavy atom. The Labute approximate surface area is 231 Å². The maximum Gasteiger partial charge on any atom is 0.282 e. The monoisotopic (exact) mass is 591 g/mol. The summed E-state index contributed by atoms with van der Waals surface area (Å²) in [7, 11) is 1.50. The van der Waals surface area contributed by atoms with Crippen LogP contribution in [0.4, 0.5) is 4.39 Å². The molecular formula is C29H20BrClFN3O3. The van der Waals surface area contributed by atoms with Crippen molar-refractivity contribution in [3.63, 3.8) is 0 Å². The maximum atomic E-state index is 13.4. The Kier molecular flexibility index (Phi) is 7.53. The van der Waals surface area contributed by atoms with Crippen LogP contribution in [0.25, 0.3) is 22.3 Å². The first-order valence-corrected chi connectivity index (χ1v) is 12.7. The zero-order chi connectivity index (χ0) is 26.6. The largest absolute Gasteiger partial charge is 0.493 e. The molecule has 4 aromatic carbocycles. The van der Waals surface area contributed by atoms with Crippen LogP contribution in [0.5, 0.6) is 11.5 Å². The van der Waals surface area contributed by atoms with Crippen molar-refractivity contribution in [1.29, 1.82) is 0 Å². The minimum atomic E-state index is -0.327. The molecule has 0 amide bonds. The van der Waals surface area contributed by atoms with Crippen LogP contribution < -0.4 is 15.0 Å². The molecule has 9 heteroatoms. The highest BCUT2D eigenvalue weighted by Gasteiger charge is 2.18. The summed E-state index contributed by atoms with van der Waals surface area (Å²) in [5.41, 5.74) is 2.34. The molecule has 0 unspecified atom stereocenters. The number of methoxy groups -OCH3 is 1. The Balaban J connectivity index is 1.55. The summed E-state index contributed by atoms with van der Waals surface area (Å²) in [6.07, 6.45) is 1.51. The average molecular weight is 593 g/mol. The van der Waals surface area contributed by atoms with Crippen LogP contribution in [0, 0.1) is 5.82 Å². The van der Waals surface area contributed by atoms with Crippen LogP contribution in [-0.4, -0.2) is 23.0 Å². The summed E-state index contributed by atoms with van der Waals surface area (Å²) >= 11 is 10.2. The second-order valence-corrected chi connectivity index (χ2v) is 9.39. The van der Waals surface area contributed by atoms with Crippen molar-refractivity contribution >= 4 is 44.6 Å². The minimum Gasteiger partial charge on any atom is -0.493 e. The predicted molar refractivity (Wildman–Crippen MR) is 151 cm³/mol. The molecule has 0 radical (unpaired) electrons. The first-order chi connectivity index (χ1) is 18.5. The minimum absolute atomic E-state index is 0.162. The summed E-state index contributed by atoms with van der Waals surface area (Å²) in [5.74, 6) is 0.761. The van der Waals surface area contributed by atoms with Crippen LogP contribution >= 0.6 is 27.5 Å². The van der Waals surface area contributed by atoms with E-state index in [-0.39, 0.29) is 23.0 Å². The molecule has 190 valence electrons. The molecule has 5 rings (SSSR count). The second kappa shape index (κ2) is 11.2. The topological polar surface area (TPSA) is 65.7 Å². The smallest absolute Gasteiger partial charge is 0.282 e. The van der Waals surface area contributed by atoms with E-state index in [1.54, 1.807) is 36.4 Å². The van der Waals surface area contributed by atoms with Gasteiger partial charge < -0.3 is 9.47 Å². The van der Waals surface area contributed by atoms with Crippen LogP contribution in [0.15, 0.2) is 99.3 Å². The molecule has 0 fully saturated rings. The number of hydrogen-bond acceptors (Lipinski definition) is 5. The highest BCUT2D eigenvalue weighted by Crippen LogP contribution is 2.42. The van der Waals surface area contributed by atoms with E-state index in [0.29, 0.717) is 38.3 Å². The first kappa shape index (κ1) is 25.6. The fraction of sp³-hybridized carbons (Fsp3) is 0.0690. The van der Waals surface area contributed by atoms with Crippen molar-refractivity contribution in [2.75, 3.05) is 7.11 Å². The third-order valence-electron chi connectivity index (χ3n) is 5.77. The highest BCUT2D eigenvalue weighted by atomic mass is 79.9.